The van der Waals surface area contributed by atoms with E-state index in [0.717, 1.165) is 4.57 Å². The Morgan fingerprint density at radius 3 is 2.68 bits per heavy atom. The van der Waals surface area contributed by atoms with Gasteiger partial charge in [0.15, 0.2) is 0 Å². The van der Waals surface area contributed by atoms with Crippen molar-refractivity contribution >= 4 is 17.6 Å². The largest absolute Gasteiger partial charge is 0.477 e. The molecule has 0 amide bonds. The third-order valence-corrected chi connectivity index (χ3v) is 2.90. The van der Waals surface area contributed by atoms with Gasteiger partial charge >= 0.3 is 5.97 Å². The second-order valence-corrected chi connectivity index (χ2v) is 4.30. The summed E-state index contributed by atoms with van der Waals surface area (Å²) in [5.74, 6) is -1.83. The molecular weight excluding hydrogens is 273 g/mol. The highest BCUT2D eigenvalue weighted by Gasteiger charge is 2.11. The molecule has 1 N–H and O–H groups in total. The number of nitrogens with zero attached hydrogens (tertiary/aromatic N) is 1. The molecule has 0 radical (unpaired) electrons. The Balaban J connectivity index is 2.46. The topological polar surface area (TPSA) is 59.3 Å². The summed E-state index contributed by atoms with van der Waals surface area (Å²) >= 11 is 5.56. The molecule has 0 saturated heterocycles. The van der Waals surface area contributed by atoms with Gasteiger partial charge in [-0.15, -0.1) is 0 Å². The second kappa shape index (κ2) is 5.24. The molecule has 0 spiro atoms. The van der Waals surface area contributed by atoms with Crippen molar-refractivity contribution < 1.29 is 14.3 Å². The van der Waals surface area contributed by atoms with E-state index in [0.29, 0.717) is 5.56 Å². The summed E-state index contributed by atoms with van der Waals surface area (Å²) in [4.78, 5) is 22.7. The average Bonchev–Trinajstić information content (AvgIpc) is 2.36. The van der Waals surface area contributed by atoms with Crippen LogP contribution in [-0.2, 0) is 6.54 Å². The maximum Gasteiger partial charge on any atom is 0.352 e. The van der Waals surface area contributed by atoms with Crippen molar-refractivity contribution in [2.24, 2.45) is 0 Å². The van der Waals surface area contributed by atoms with Gasteiger partial charge < -0.3 is 5.11 Å². The smallest absolute Gasteiger partial charge is 0.352 e. The van der Waals surface area contributed by atoms with Crippen molar-refractivity contribution in [2.45, 2.75) is 6.54 Å². The Morgan fingerprint density at radius 1 is 1.32 bits per heavy atom. The van der Waals surface area contributed by atoms with Gasteiger partial charge in [-0.25, -0.2) is 9.18 Å². The minimum absolute atomic E-state index is 0.0254. The van der Waals surface area contributed by atoms with Gasteiger partial charge in [-0.05, 0) is 23.8 Å². The van der Waals surface area contributed by atoms with Gasteiger partial charge in [0, 0.05) is 6.07 Å². The fraction of sp³-hybridized carbons (Fsp3) is 0.0769. The van der Waals surface area contributed by atoms with Crippen LogP contribution in [0, 0.1) is 5.82 Å². The molecule has 19 heavy (non-hydrogen) atoms. The molecule has 0 fully saturated rings. The lowest BCUT2D eigenvalue weighted by Crippen LogP contribution is -2.25. The minimum Gasteiger partial charge on any atom is -0.477 e. The van der Waals surface area contributed by atoms with Crippen LogP contribution in [0.25, 0.3) is 0 Å². The molecule has 98 valence electrons. The number of carbonyl (C=O) groups is 1. The fourth-order valence-corrected chi connectivity index (χ4v) is 1.81. The summed E-state index contributed by atoms with van der Waals surface area (Å²) in [7, 11) is 0. The molecule has 1 aromatic heterocycles. The first-order chi connectivity index (χ1) is 8.99. The van der Waals surface area contributed by atoms with E-state index < -0.39 is 17.3 Å². The second-order valence-electron chi connectivity index (χ2n) is 3.89. The molecule has 0 unspecified atom stereocenters. The number of benzene rings is 1. The van der Waals surface area contributed by atoms with Crippen molar-refractivity contribution in [2.75, 3.05) is 0 Å². The molecule has 0 aliphatic rings. The van der Waals surface area contributed by atoms with Crippen LogP contribution >= 0.6 is 11.6 Å². The van der Waals surface area contributed by atoms with Gasteiger partial charge in [0.25, 0.3) is 5.56 Å². The highest BCUT2D eigenvalue weighted by atomic mass is 35.5. The van der Waals surface area contributed by atoms with Crippen LogP contribution in [0.5, 0.6) is 0 Å². The van der Waals surface area contributed by atoms with E-state index in [1.165, 1.54) is 36.4 Å². The first kappa shape index (κ1) is 13.3. The molecule has 1 heterocycles. The molecular formula is C13H9ClFNO3. The lowest BCUT2D eigenvalue weighted by molar-refractivity contribution is 0.0684. The predicted molar refractivity (Wildman–Crippen MR) is 68.2 cm³/mol. The summed E-state index contributed by atoms with van der Waals surface area (Å²) in [6.45, 7) is -0.0323. The Bertz CT molecular complexity index is 697. The zero-order chi connectivity index (χ0) is 14.0. The monoisotopic (exact) mass is 281 g/mol. The maximum atomic E-state index is 13.3. The number of hydrogen-bond donors (Lipinski definition) is 1. The van der Waals surface area contributed by atoms with Gasteiger partial charge in [-0.3, -0.25) is 9.36 Å². The molecule has 0 saturated carbocycles. The zero-order valence-electron chi connectivity index (χ0n) is 9.64. The number of aromatic nitrogens is 1. The van der Waals surface area contributed by atoms with Crippen LogP contribution in [-0.4, -0.2) is 15.6 Å². The molecule has 1 aromatic carbocycles. The van der Waals surface area contributed by atoms with Gasteiger partial charge in [-0.1, -0.05) is 23.7 Å². The Morgan fingerprint density at radius 2 is 2.05 bits per heavy atom. The SMILES string of the molecule is O=C(O)c1cccc(=O)n1Cc1ccc(Cl)c(F)c1. The third kappa shape index (κ3) is 2.82. The van der Waals surface area contributed by atoms with E-state index >= 15 is 0 Å². The normalized spacial score (nSPS) is 10.4. The van der Waals surface area contributed by atoms with Gasteiger partial charge in [0.2, 0.25) is 0 Å². The van der Waals surface area contributed by atoms with E-state index in [9.17, 15) is 14.0 Å². The van der Waals surface area contributed by atoms with Crippen molar-refractivity contribution in [3.05, 3.63) is 68.8 Å². The molecule has 6 heteroatoms. The quantitative estimate of drug-likeness (QED) is 0.940. The maximum absolute atomic E-state index is 13.3. The number of pyridine rings is 1. The van der Waals surface area contributed by atoms with E-state index in [1.807, 2.05) is 0 Å². The van der Waals surface area contributed by atoms with E-state index in [2.05, 4.69) is 0 Å². The summed E-state index contributed by atoms with van der Waals surface area (Å²) < 4.78 is 14.4. The first-order valence-corrected chi connectivity index (χ1v) is 5.74. The van der Waals surface area contributed by atoms with Crippen molar-refractivity contribution in [3.8, 4) is 0 Å². The summed E-state index contributed by atoms with van der Waals surface area (Å²) in [6.07, 6.45) is 0. The molecule has 0 bridgehead atoms. The predicted octanol–water partition coefficient (Wildman–Crippen LogP) is 2.39. The first-order valence-electron chi connectivity index (χ1n) is 5.36. The summed E-state index contributed by atoms with van der Waals surface area (Å²) in [6, 6.07) is 8.00. The lowest BCUT2D eigenvalue weighted by Gasteiger charge is -2.09. The van der Waals surface area contributed by atoms with Gasteiger partial charge in [0.1, 0.15) is 11.5 Å². The Kier molecular flexibility index (Phi) is 3.66. The lowest BCUT2D eigenvalue weighted by atomic mass is 10.2. The fourth-order valence-electron chi connectivity index (χ4n) is 1.69. The van der Waals surface area contributed by atoms with E-state index in [-0.39, 0.29) is 17.3 Å². The standard InChI is InChI=1S/C13H9ClFNO3/c14-9-5-4-8(6-10(9)15)7-16-11(13(18)19)2-1-3-12(16)17/h1-6H,7H2,(H,18,19). The van der Waals surface area contributed by atoms with Crippen molar-refractivity contribution in [1.82, 2.24) is 4.57 Å². The van der Waals surface area contributed by atoms with Crippen LogP contribution in [0.3, 0.4) is 0 Å². The zero-order valence-corrected chi connectivity index (χ0v) is 10.4. The van der Waals surface area contributed by atoms with Crippen LogP contribution in [0.1, 0.15) is 16.1 Å². The number of rotatable bonds is 3. The number of aromatic carboxylic acids is 1. The van der Waals surface area contributed by atoms with Crippen LogP contribution in [0.2, 0.25) is 5.02 Å². The van der Waals surface area contributed by atoms with Crippen molar-refractivity contribution in [1.29, 1.82) is 0 Å². The molecule has 2 rings (SSSR count). The van der Waals surface area contributed by atoms with Crippen LogP contribution in [0.4, 0.5) is 4.39 Å². The number of carboxylic acids is 1. The molecule has 4 nitrogen and oxygen atoms in total. The highest BCUT2D eigenvalue weighted by Crippen LogP contribution is 2.16. The minimum atomic E-state index is -1.22. The highest BCUT2D eigenvalue weighted by molar-refractivity contribution is 6.30. The Labute approximate surface area is 112 Å². The number of hydrogen-bond acceptors (Lipinski definition) is 2. The molecule has 0 aliphatic carbocycles. The van der Waals surface area contributed by atoms with Crippen LogP contribution in [0.15, 0.2) is 41.2 Å². The van der Waals surface area contributed by atoms with Crippen LogP contribution < -0.4 is 5.56 Å². The summed E-state index contributed by atoms with van der Waals surface area (Å²) in [5.41, 5.74) is -0.157. The number of carboxylic acid groups (broad SMARTS) is 1. The molecule has 0 atom stereocenters. The van der Waals surface area contributed by atoms with E-state index in [1.54, 1.807) is 0 Å². The third-order valence-electron chi connectivity index (χ3n) is 2.59. The average molecular weight is 282 g/mol. The Hall–Kier alpha value is -2.14. The van der Waals surface area contributed by atoms with Crippen molar-refractivity contribution in [3.63, 3.8) is 0 Å². The molecule has 2 aromatic rings. The summed E-state index contributed by atoms with van der Waals surface area (Å²) in [5, 5.41) is 8.99. The number of halogens is 2. The van der Waals surface area contributed by atoms with E-state index in [4.69, 9.17) is 16.7 Å². The molecule has 0 aliphatic heterocycles. The van der Waals surface area contributed by atoms with Gasteiger partial charge in [0.05, 0.1) is 11.6 Å². The van der Waals surface area contributed by atoms with Gasteiger partial charge in [-0.2, -0.15) is 0 Å².